The molecule has 0 aromatic carbocycles. The van der Waals surface area contributed by atoms with Gasteiger partial charge in [-0.05, 0) is 80.6 Å². The van der Waals surface area contributed by atoms with Crippen molar-refractivity contribution in [2.45, 2.75) is 110 Å². The van der Waals surface area contributed by atoms with Crippen molar-refractivity contribution < 1.29 is 19.4 Å². The van der Waals surface area contributed by atoms with Gasteiger partial charge in [0.1, 0.15) is 0 Å². The van der Waals surface area contributed by atoms with Gasteiger partial charge in [0.25, 0.3) is 0 Å². The maximum Gasteiger partial charge on any atom is 0.222 e. The van der Waals surface area contributed by atoms with Crippen molar-refractivity contribution in [1.82, 2.24) is 5.32 Å². The summed E-state index contributed by atoms with van der Waals surface area (Å²) < 4.78 is 11.9. The van der Waals surface area contributed by atoms with E-state index in [0.29, 0.717) is 43.2 Å². The van der Waals surface area contributed by atoms with Crippen LogP contribution in [0.3, 0.4) is 0 Å². The van der Waals surface area contributed by atoms with Gasteiger partial charge in [0.05, 0.1) is 18.6 Å². The minimum absolute atomic E-state index is 0.00797. The smallest absolute Gasteiger partial charge is 0.222 e. The van der Waals surface area contributed by atoms with Crippen molar-refractivity contribution in [2.75, 3.05) is 13.2 Å². The summed E-state index contributed by atoms with van der Waals surface area (Å²) in [6.45, 7) is 8.15. The summed E-state index contributed by atoms with van der Waals surface area (Å²) in [6, 6.07) is 0. The van der Waals surface area contributed by atoms with Crippen molar-refractivity contribution in [2.24, 2.45) is 23.7 Å². The number of unbranched alkanes of at least 4 members (excludes halogenated alkanes) is 1. The molecular weight excluding hydrogens is 414 g/mol. The van der Waals surface area contributed by atoms with Crippen LogP contribution in [-0.2, 0) is 14.3 Å². The first kappa shape index (κ1) is 26.4. The summed E-state index contributed by atoms with van der Waals surface area (Å²) in [5.74, 6) is 2.43. The summed E-state index contributed by atoms with van der Waals surface area (Å²) in [7, 11) is 0. The molecule has 0 spiro atoms. The molecule has 7 atom stereocenters. The molecule has 1 saturated heterocycles. The average molecular weight is 462 g/mol. The highest BCUT2D eigenvalue weighted by molar-refractivity contribution is 5.76. The Morgan fingerprint density at radius 3 is 2.88 bits per heavy atom. The Morgan fingerprint density at radius 1 is 1.27 bits per heavy atom. The van der Waals surface area contributed by atoms with Crippen LogP contribution in [0.15, 0.2) is 23.8 Å². The van der Waals surface area contributed by atoms with E-state index in [4.69, 9.17) is 9.47 Å². The van der Waals surface area contributed by atoms with Crippen LogP contribution in [0.25, 0.3) is 0 Å². The molecule has 5 heteroatoms. The monoisotopic (exact) mass is 461 g/mol. The van der Waals surface area contributed by atoms with Crippen LogP contribution in [-0.4, -0.2) is 42.7 Å². The molecule has 0 saturated carbocycles. The molecule has 1 amide bonds. The van der Waals surface area contributed by atoms with Gasteiger partial charge in [-0.25, -0.2) is 0 Å². The predicted molar refractivity (Wildman–Crippen MR) is 133 cm³/mol. The summed E-state index contributed by atoms with van der Waals surface area (Å²) >= 11 is 0. The van der Waals surface area contributed by atoms with Crippen LogP contribution in [0, 0.1) is 23.7 Å². The highest BCUT2D eigenvalue weighted by Gasteiger charge is 2.33. The van der Waals surface area contributed by atoms with Crippen molar-refractivity contribution in [3.8, 4) is 0 Å². The van der Waals surface area contributed by atoms with Crippen LogP contribution in [0.1, 0.15) is 91.4 Å². The largest absolute Gasteiger partial charge is 0.393 e. The van der Waals surface area contributed by atoms with Crippen molar-refractivity contribution in [3.05, 3.63) is 23.8 Å². The lowest BCUT2D eigenvalue weighted by Gasteiger charge is -2.39. The predicted octanol–water partition coefficient (Wildman–Crippen LogP) is 5.53. The van der Waals surface area contributed by atoms with Gasteiger partial charge in [-0.2, -0.15) is 0 Å². The van der Waals surface area contributed by atoms with Crippen LogP contribution >= 0.6 is 0 Å². The molecule has 0 bridgehead atoms. The molecule has 1 heterocycles. The Labute approximate surface area is 201 Å². The Hall–Kier alpha value is -1.17. The molecule has 0 aromatic rings. The van der Waals surface area contributed by atoms with E-state index in [0.717, 1.165) is 44.9 Å². The fourth-order valence-corrected chi connectivity index (χ4v) is 5.73. The molecule has 1 fully saturated rings. The number of hydrogen-bond donors (Lipinski definition) is 2. The molecule has 3 rings (SSSR count). The number of nitrogens with one attached hydrogen (secondary N) is 1. The molecule has 1 unspecified atom stereocenters. The summed E-state index contributed by atoms with van der Waals surface area (Å²) in [5, 5.41) is 13.9. The number of amides is 1. The second-order valence-corrected chi connectivity index (χ2v) is 10.6. The third-order valence-corrected chi connectivity index (χ3v) is 7.74. The molecule has 5 nitrogen and oxygen atoms in total. The van der Waals surface area contributed by atoms with Gasteiger partial charge in [-0.1, -0.05) is 45.4 Å². The Bertz CT molecular complexity index is 654. The fourth-order valence-electron chi connectivity index (χ4n) is 5.73. The van der Waals surface area contributed by atoms with E-state index in [-0.39, 0.29) is 24.7 Å². The van der Waals surface area contributed by atoms with E-state index in [1.807, 2.05) is 0 Å². The maximum absolute atomic E-state index is 12.5. The number of carbonyl (C=O) groups excluding carboxylic acids is 1. The number of aliphatic hydroxyl groups excluding tert-OH is 1. The topological polar surface area (TPSA) is 67.8 Å². The lowest BCUT2D eigenvalue weighted by atomic mass is 9.66. The van der Waals surface area contributed by atoms with Crippen LogP contribution in [0.4, 0.5) is 0 Å². The van der Waals surface area contributed by atoms with E-state index in [1.165, 1.54) is 18.4 Å². The summed E-state index contributed by atoms with van der Waals surface area (Å²) in [5.41, 5.74) is 1.51. The van der Waals surface area contributed by atoms with Gasteiger partial charge < -0.3 is 19.9 Å². The number of hydrogen-bond acceptors (Lipinski definition) is 4. The molecule has 3 aliphatic rings. The summed E-state index contributed by atoms with van der Waals surface area (Å²) in [6.07, 6.45) is 16.2. The van der Waals surface area contributed by atoms with Crippen molar-refractivity contribution in [1.29, 1.82) is 0 Å². The van der Waals surface area contributed by atoms with Crippen molar-refractivity contribution in [3.63, 3.8) is 0 Å². The highest BCUT2D eigenvalue weighted by atomic mass is 16.7. The van der Waals surface area contributed by atoms with Gasteiger partial charge >= 0.3 is 0 Å². The number of aliphatic hydroxyl groups is 1. The number of ether oxygens (including phenoxy) is 2. The fraction of sp³-hybridized carbons (Fsp3) is 0.821. The summed E-state index contributed by atoms with van der Waals surface area (Å²) in [4.78, 5) is 12.5. The normalized spacial score (nSPS) is 31.4. The number of fused-ring (bicyclic) bond motifs is 1. The third kappa shape index (κ3) is 8.52. The van der Waals surface area contributed by atoms with Gasteiger partial charge in [0.15, 0.2) is 6.29 Å². The SMILES string of the molecule is CCCCNC(=O)C[C@@H](C[C@H](O)CC[C@H]1[C@@H](C)C=CC2=C[C@H](C)CC[C@@H]21)OC1CCCCO1. The zero-order valence-corrected chi connectivity index (χ0v) is 21.1. The van der Waals surface area contributed by atoms with Gasteiger partial charge in [0.2, 0.25) is 5.91 Å². The first-order valence-electron chi connectivity index (χ1n) is 13.6. The van der Waals surface area contributed by atoms with E-state index < -0.39 is 6.10 Å². The molecule has 2 N–H and O–H groups in total. The first-order valence-corrected chi connectivity index (χ1v) is 13.6. The lowest BCUT2D eigenvalue weighted by molar-refractivity contribution is -0.194. The molecular formula is C28H47NO4. The number of carbonyl (C=O) groups is 1. The Kier molecular flexibility index (Phi) is 10.9. The van der Waals surface area contributed by atoms with Gasteiger partial charge in [-0.3, -0.25) is 4.79 Å². The quantitative estimate of drug-likeness (QED) is 0.375. The molecule has 33 heavy (non-hydrogen) atoms. The second-order valence-electron chi connectivity index (χ2n) is 10.6. The molecule has 0 aromatic heterocycles. The second kappa shape index (κ2) is 13.7. The maximum atomic E-state index is 12.5. The minimum Gasteiger partial charge on any atom is -0.393 e. The number of allylic oxidation sites excluding steroid dienone is 4. The van der Waals surface area contributed by atoms with Gasteiger partial charge in [-0.15, -0.1) is 0 Å². The lowest BCUT2D eigenvalue weighted by Crippen LogP contribution is -2.35. The first-order chi connectivity index (χ1) is 16.0. The zero-order valence-electron chi connectivity index (χ0n) is 21.1. The van der Waals surface area contributed by atoms with Crippen molar-refractivity contribution >= 4 is 5.91 Å². The Balaban J connectivity index is 1.53. The van der Waals surface area contributed by atoms with Gasteiger partial charge in [0, 0.05) is 19.6 Å². The van der Waals surface area contributed by atoms with Crippen LogP contribution in [0.2, 0.25) is 0 Å². The molecule has 2 aliphatic carbocycles. The molecule has 1 aliphatic heterocycles. The van der Waals surface area contributed by atoms with E-state index in [2.05, 4.69) is 44.3 Å². The Morgan fingerprint density at radius 2 is 2.12 bits per heavy atom. The molecule has 0 radical (unpaired) electrons. The highest BCUT2D eigenvalue weighted by Crippen LogP contribution is 2.43. The van der Waals surface area contributed by atoms with E-state index in [9.17, 15) is 9.90 Å². The third-order valence-electron chi connectivity index (χ3n) is 7.74. The van der Waals surface area contributed by atoms with Crippen LogP contribution in [0.5, 0.6) is 0 Å². The number of rotatable bonds is 12. The van der Waals surface area contributed by atoms with E-state index >= 15 is 0 Å². The van der Waals surface area contributed by atoms with E-state index in [1.54, 1.807) is 0 Å². The zero-order chi connectivity index (χ0) is 23.6. The average Bonchev–Trinajstić information content (AvgIpc) is 2.79. The van der Waals surface area contributed by atoms with Crippen LogP contribution < -0.4 is 5.32 Å². The molecule has 188 valence electrons. The minimum atomic E-state index is -0.463. The standard InChI is InChI=1S/C28H47NO4/c1-4-5-15-29-27(31)19-24(33-28-8-6-7-16-32-28)18-23(30)12-14-25-21(3)10-11-22-17-20(2)9-13-26(22)25/h10-11,17,20-21,23-26,28,30H,4-9,12-16,18-19H2,1-3H3,(H,29,31)/t20-,21+,23-,24-,25+,26+,28?/m1/s1.